The number of nitrogens with zero attached hydrogens (tertiary/aromatic N) is 4. The summed E-state index contributed by atoms with van der Waals surface area (Å²) in [5.41, 5.74) is 13.3. The van der Waals surface area contributed by atoms with Crippen molar-refractivity contribution in [3.05, 3.63) is 70.7 Å². The predicted octanol–water partition coefficient (Wildman–Crippen LogP) is 2.15. The second-order valence-corrected chi connectivity index (χ2v) is 7.24. The van der Waals surface area contributed by atoms with E-state index in [2.05, 4.69) is 5.10 Å². The summed E-state index contributed by atoms with van der Waals surface area (Å²) in [5, 5.41) is 13.6. The van der Waals surface area contributed by atoms with Gasteiger partial charge in [0.15, 0.2) is 0 Å². The number of ether oxygens (including phenoxy) is 1. The van der Waals surface area contributed by atoms with Crippen LogP contribution in [0, 0.1) is 17.1 Å². The van der Waals surface area contributed by atoms with Crippen molar-refractivity contribution < 1.29 is 18.7 Å². The first kappa shape index (κ1) is 20.9. The number of primary amides is 2. The Kier molecular flexibility index (Phi) is 5.24. The van der Waals surface area contributed by atoms with Crippen LogP contribution >= 0.6 is 0 Å². The molecule has 1 aromatic heterocycles. The Morgan fingerprint density at radius 1 is 1.19 bits per heavy atom. The molecule has 3 aromatic rings. The van der Waals surface area contributed by atoms with E-state index < -0.39 is 23.8 Å². The van der Waals surface area contributed by atoms with Gasteiger partial charge in [-0.05, 0) is 29.8 Å². The van der Waals surface area contributed by atoms with Crippen molar-refractivity contribution in [1.82, 2.24) is 14.7 Å². The van der Waals surface area contributed by atoms with Crippen LogP contribution in [0.3, 0.4) is 0 Å². The number of carbonyl (C=O) groups is 2. The van der Waals surface area contributed by atoms with Gasteiger partial charge in [-0.15, -0.1) is 0 Å². The summed E-state index contributed by atoms with van der Waals surface area (Å²) in [5.74, 6) is -1.10. The summed E-state index contributed by atoms with van der Waals surface area (Å²) >= 11 is 0. The second-order valence-electron chi connectivity index (χ2n) is 7.24. The van der Waals surface area contributed by atoms with Gasteiger partial charge in [0.2, 0.25) is 0 Å². The van der Waals surface area contributed by atoms with Crippen LogP contribution in [0.1, 0.15) is 33.2 Å². The van der Waals surface area contributed by atoms with Gasteiger partial charge in [-0.2, -0.15) is 10.4 Å². The Morgan fingerprint density at radius 3 is 2.50 bits per heavy atom. The first-order chi connectivity index (χ1) is 15.3. The number of aromatic nitrogens is 2. The van der Waals surface area contributed by atoms with Crippen LogP contribution < -0.4 is 16.2 Å². The quantitative estimate of drug-likeness (QED) is 0.647. The fraction of sp³-hybridized carbons (Fsp3) is 0.182. The Balaban J connectivity index is 1.97. The van der Waals surface area contributed by atoms with Crippen molar-refractivity contribution in [2.75, 3.05) is 13.7 Å². The molecular formula is C22H19FN6O3. The number of hydrogen-bond donors (Lipinski definition) is 2. The van der Waals surface area contributed by atoms with Crippen molar-refractivity contribution >= 4 is 11.9 Å². The highest BCUT2D eigenvalue weighted by Crippen LogP contribution is 2.38. The van der Waals surface area contributed by atoms with Gasteiger partial charge in [0.05, 0.1) is 36.5 Å². The number of nitriles is 1. The number of rotatable bonds is 4. The van der Waals surface area contributed by atoms with Crippen molar-refractivity contribution in [2.24, 2.45) is 11.5 Å². The summed E-state index contributed by atoms with van der Waals surface area (Å²) in [7, 11) is 1.40. The van der Waals surface area contributed by atoms with Crippen LogP contribution in [0.5, 0.6) is 5.75 Å². The Hall–Kier alpha value is -4.39. The zero-order chi connectivity index (χ0) is 23.0. The molecule has 162 valence electrons. The maximum Gasteiger partial charge on any atom is 0.315 e. The molecule has 3 amide bonds. The largest absolute Gasteiger partial charge is 0.497 e. The smallest absolute Gasteiger partial charge is 0.315 e. The number of benzene rings is 2. The number of carbonyl (C=O) groups excluding carboxylic acids is 2. The zero-order valence-corrected chi connectivity index (χ0v) is 17.1. The van der Waals surface area contributed by atoms with Gasteiger partial charge in [0, 0.05) is 18.2 Å². The van der Waals surface area contributed by atoms with Crippen LogP contribution in [-0.4, -0.2) is 40.3 Å². The van der Waals surface area contributed by atoms with Crippen LogP contribution in [0.4, 0.5) is 9.18 Å². The van der Waals surface area contributed by atoms with E-state index in [0.717, 1.165) is 0 Å². The van der Waals surface area contributed by atoms with Crippen molar-refractivity contribution in [2.45, 2.75) is 12.6 Å². The molecule has 1 atom stereocenters. The Bertz CT molecular complexity index is 1260. The first-order valence-electron chi connectivity index (χ1n) is 9.65. The molecular weight excluding hydrogens is 415 g/mol. The maximum absolute atomic E-state index is 14.2. The van der Waals surface area contributed by atoms with Gasteiger partial charge in [0.25, 0.3) is 5.91 Å². The number of halogens is 1. The van der Waals surface area contributed by atoms with Crippen LogP contribution in [-0.2, 0) is 6.54 Å². The fourth-order valence-electron chi connectivity index (χ4n) is 3.98. The molecule has 2 heterocycles. The van der Waals surface area contributed by atoms with E-state index in [9.17, 15) is 14.0 Å². The number of methoxy groups -OCH3 is 1. The summed E-state index contributed by atoms with van der Waals surface area (Å²) in [6, 6.07) is 11.1. The minimum atomic E-state index is -0.783. The lowest BCUT2D eigenvalue weighted by Gasteiger charge is -2.35. The minimum absolute atomic E-state index is 0.0537. The summed E-state index contributed by atoms with van der Waals surface area (Å²) in [4.78, 5) is 26.2. The van der Waals surface area contributed by atoms with Crippen LogP contribution in [0.2, 0.25) is 0 Å². The van der Waals surface area contributed by atoms with E-state index >= 15 is 0 Å². The normalized spacial score (nSPS) is 15.0. The van der Waals surface area contributed by atoms with Gasteiger partial charge in [0.1, 0.15) is 23.3 Å². The lowest BCUT2D eigenvalue weighted by Crippen LogP contribution is -2.46. The lowest BCUT2D eigenvalue weighted by atomic mass is 9.94. The molecule has 1 aliphatic heterocycles. The molecule has 32 heavy (non-hydrogen) atoms. The molecule has 0 saturated carbocycles. The molecule has 10 heteroatoms. The minimum Gasteiger partial charge on any atom is -0.497 e. The van der Waals surface area contributed by atoms with Crippen LogP contribution in [0.25, 0.3) is 11.3 Å². The van der Waals surface area contributed by atoms with Gasteiger partial charge in [-0.3, -0.25) is 9.48 Å². The third kappa shape index (κ3) is 3.50. The maximum atomic E-state index is 14.2. The van der Waals surface area contributed by atoms with Gasteiger partial charge in [-0.25, -0.2) is 9.18 Å². The van der Waals surface area contributed by atoms with E-state index in [0.29, 0.717) is 22.4 Å². The Morgan fingerprint density at radius 2 is 1.91 bits per heavy atom. The molecule has 1 aliphatic rings. The van der Waals surface area contributed by atoms with Gasteiger partial charge >= 0.3 is 6.03 Å². The fourth-order valence-corrected chi connectivity index (χ4v) is 3.98. The van der Waals surface area contributed by atoms with E-state index in [1.165, 1.54) is 24.1 Å². The molecule has 0 bridgehead atoms. The molecule has 1 unspecified atom stereocenters. The summed E-state index contributed by atoms with van der Waals surface area (Å²) < 4.78 is 20.9. The number of fused-ring (bicyclic) bond motifs is 1. The molecule has 4 rings (SSSR count). The van der Waals surface area contributed by atoms with E-state index in [-0.39, 0.29) is 30.1 Å². The highest BCUT2D eigenvalue weighted by atomic mass is 19.1. The number of amides is 3. The van der Waals surface area contributed by atoms with Crippen molar-refractivity contribution in [1.29, 1.82) is 5.26 Å². The molecule has 0 aliphatic carbocycles. The molecule has 0 fully saturated rings. The molecule has 0 radical (unpaired) electrons. The average Bonchev–Trinajstić information content (AvgIpc) is 3.18. The molecule has 4 N–H and O–H groups in total. The molecule has 2 aromatic carbocycles. The zero-order valence-electron chi connectivity index (χ0n) is 17.1. The van der Waals surface area contributed by atoms with Gasteiger partial charge < -0.3 is 21.1 Å². The average molecular weight is 434 g/mol. The van der Waals surface area contributed by atoms with Crippen LogP contribution in [0.15, 0.2) is 42.5 Å². The number of hydrogen-bond acceptors (Lipinski definition) is 5. The predicted molar refractivity (Wildman–Crippen MR) is 112 cm³/mol. The number of nitrogens with two attached hydrogens (primary N) is 2. The van der Waals surface area contributed by atoms with Crippen molar-refractivity contribution in [3.63, 3.8) is 0 Å². The first-order valence-corrected chi connectivity index (χ1v) is 9.65. The highest BCUT2D eigenvalue weighted by Gasteiger charge is 2.38. The van der Waals surface area contributed by atoms with E-state index in [1.54, 1.807) is 35.0 Å². The standard InChI is InChI=1S/C22H19FN6O3/c1-32-16-9-14(8-15(23)10-16)18-17(21(25)30)20-19(13-4-2-12(11-24)3-5-13)28(22(26)31)6-7-29(20)27-18/h2-5,8-10,19H,6-7H2,1H3,(H2,25,30)(H2,26,31). The van der Waals surface area contributed by atoms with E-state index in [4.69, 9.17) is 21.5 Å². The molecule has 9 nitrogen and oxygen atoms in total. The van der Waals surface area contributed by atoms with Gasteiger partial charge in [-0.1, -0.05) is 12.1 Å². The van der Waals surface area contributed by atoms with E-state index in [1.807, 2.05) is 6.07 Å². The highest BCUT2D eigenvalue weighted by molar-refractivity contribution is 6.00. The summed E-state index contributed by atoms with van der Waals surface area (Å²) in [6.45, 7) is 0.497. The Labute approximate surface area is 182 Å². The monoisotopic (exact) mass is 434 g/mol. The topological polar surface area (TPSA) is 140 Å². The lowest BCUT2D eigenvalue weighted by molar-refractivity contribution is 0.0995. The third-order valence-electron chi connectivity index (χ3n) is 5.38. The molecule has 0 saturated heterocycles. The van der Waals surface area contributed by atoms with Crippen molar-refractivity contribution in [3.8, 4) is 23.1 Å². The SMILES string of the molecule is COc1cc(F)cc(-c2nn3c(c2C(N)=O)C(c2ccc(C#N)cc2)N(C(N)=O)CC3)c1. The summed E-state index contributed by atoms with van der Waals surface area (Å²) in [6.07, 6.45) is 0. The number of urea groups is 1. The second kappa shape index (κ2) is 8.03. The molecule has 0 spiro atoms. The third-order valence-corrected chi connectivity index (χ3v) is 5.38.